The van der Waals surface area contributed by atoms with E-state index < -0.39 is 5.60 Å². The summed E-state index contributed by atoms with van der Waals surface area (Å²) in [6, 6.07) is 16.3. The van der Waals surface area contributed by atoms with E-state index in [1.807, 2.05) is 42.5 Å². The second-order valence-corrected chi connectivity index (χ2v) is 5.80. The van der Waals surface area contributed by atoms with Crippen molar-refractivity contribution >= 4 is 11.7 Å². The zero-order valence-corrected chi connectivity index (χ0v) is 12.8. The van der Waals surface area contributed by atoms with Gasteiger partial charge >= 0.3 is 6.03 Å². The number of carbonyl (C=O) groups is 1. The van der Waals surface area contributed by atoms with Gasteiger partial charge in [-0.25, -0.2) is 4.79 Å². The van der Waals surface area contributed by atoms with Crippen LogP contribution < -0.4 is 15.4 Å². The SMILES string of the molecule is O=C(NCC1(O)CCC1)Nc1ccccc1Oc1ccccc1. The van der Waals surface area contributed by atoms with E-state index in [0.717, 1.165) is 19.3 Å². The van der Waals surface area contributed by atoms with Gasteiger partial charge in [0, 0.05) is 6.54 Å². The minimum atomic E-state index is -0.739. The highest BCUT2D eigenvalue weighted by Crippen LogP contribution is 2.31. The summed E-state index contributed by atoms with van der Waals surface area (Å²) in [6.45, 7) is 0.264. The van der Waals surface area contributed by atoms with Gasteiger partial charge in [-0.2, -0.15) is 0 Å². The number of urea groups is 1. The molecule has 0 heterocycles. The quantitative estimate of drug-likeness (QED) is 0.791. The van der Waals surface area contributed by atoms with E-state index in [1.165, 1.54) is 0 Å². The third-order valence-corrected chi connectivity index (χ3v) is 3.97. The van der Waals surface area contributed by atoms with E-state index in [9.17, 15) is 9.90 Å². The number of rotatable bonds is 5. The van der Waals surface area contributed by atoms with Crippen molar-refractivity contribution in [3.63, 3.8) is 0 Å². The van der Waals surface area contributed by atoms with Crippen molar-refractivity contribution in [2.24, 2.45) is 0 Å². The molecule has 23 heavy (non-hydrogen) atoms. The van der Waals surface area contributed by atoms with E-state index in [0.29, 0.717) is 17.2 Å². The molecule has 1 aliphatic rings. The van der Waals surface area contributed by atoms with Crippen LogP contribution in [-0.2, 0) is 0 Å². The summed E-state index contributed by atoms with van der Waals surface area (Å²) in [4.78, 5) is 12.0. The topological polar surface area (TPSA) is 70.6 Å². The summed E-state index contributed by atoms with van der Waals surface area (Å²) >= 11 is 0. The molecule has 1 saturated carbocycles. The molecule has 1 fully saturated rings. The standard InChI is InChI=1S/C18H20N2O3/c21-17(19-13-18(22)11-6-12-18)20-15-9-4-5-10-16(15)23-14-7-2-1-3-8-14/h1-5,7-10,22H,6,11-13H2,(H2,19,20,21). The Hall–Kier alpha value is -2.53. The first-order chi connectivity index (χ1) is 11.1. The molecular weight excluding hydrogens is 292 g/mol. The predicted molar refractivity (Wildman–Crippen MR) is 88.8 cm³/mol. The third-order valence-electron chi connectivity index (χ3n) is 3.97. The molecule has 2 aromatic carbocycles. The van der Waals surface area contributed by atoms with E-state index >= 15 is 0 Å². The summed E-state index contributed by atoms with van der Waals surface area (Å²) in [5.74, 6) is 1.27. The lowest BCUT2D eigenvalue weighted by Crippen LogP contribution is -2.48. The van der Waals surface area contributed by atoms with E-state index in [2.05, 4.69) is 10.6 Å². The van der Waals surface area contributed by atoms with Crippen molar-refractivity contribution in [1.29, 1.82) is 0 Å². The normalized spacial score (nSPS) is 15.3. The zero-order valence-electron chi connectivity index (χ0n) is 12.8. The number of nitrogens with one attached hydrogen (secondary N) is 2. The molecule has 3 N–H and O–H groups in total. The molecule has 0 bridgehead atoms. The number of amides is 2. The maximum atomic E-state index is 12.0. The van der Waals surface area contributed by atoms with Gasteiger partial charge in [-0.15, -0.1) is 0 Å². The van der Waals surface area contributed by atoms with Crippen LogP contribution in [0.1, 0.15) is 19.3 Å². The highest BCUT2D eigenvalue weighted by atomic mass is 16.5. The Balaban J connectivity index is 1.62. The van der Waals surface area contributed by atoms with Crippen LogP contribution in [0, 0.1) is 0 Å². The van der Waals surface area contributed by atoms with Crippen molar-refractivity contribution in [3.8, 4) is 11.5 Å². The second kappa shape index (κ2) is 6.71. The largest absolute Gasteiger partial charge is 0.455 e. The van der Waals surface area contributed by atoms with Crippen LogP contribution in [0.3, 0.4) is 0 Å². The predicted octanol–water partition coefficient (Wildman–Crippen LogP) is 3.52. The molecule has 0 saturated heterocycles. The third kappa shape index (κ3) is 4.02. The van der Waals surface area contributed by atoms with Gasteiger partial charge in [0.15, 0.2) is 5.75 Å². The fourth-order valence-electron chi connectivity index (χ4n) is 2.45. The number of anilines is 1. The number of benzene rings is 2. The fourth-order valence-corrected chi connectivity index (χ4v) is 2.45. The summed E-state index contributed by atoms with van der Waals surface area (Å²) in [5, 5.41) is 15.5. The van der Waals surface area contributed by atoms with Gasteiger partial charge in [0.2, 0.25) is 0 Å². The average Bonchev–Trinajstić information content (AvgIpc) is 2.54. The zero-order chi connectivity index (χ0) is 16.1. The highest BCUT2D eigenvalue weighted by molar-refractivity contribution is 5.91. The lowest BCUT2D eigenvalue weighted by Gasteiger charge is -2.36. The molecule has 5 nitrogen and oxygen atoms in total. The Bertz CT molecular complexity index is 669. The van der Waals surface area contributed by atoms with Crippen molar-refractivity contribution in [2.75, 3.05) is 11.9 Å². The van der Waals surface area contributed by atoms with Gasteiger partial charge in [-0.05, 0) is 43.5 Å². The number of para-hydroxylation sites is 3. The Labute approximate surface area is 135 Å². The van der Waals surface area contributed by atoms with Gasteiger partial charge in [0.05, 0.1) is 11.3 Å². The lowest BCUT2D eigenvalue weighted by atomic mass is 9.80. The number of ether oxygens (including phenoxy) is 1. The van der Waals surface area contributed by atoms with E-state index in [4.69, 9.17) is 4.74 Å². The number of carbonyl (C=O) groups excluding carboxylic acids is 1. The maximum absolute atomic E-state index is 12.0. The molecule has 0 radical (unpaired) electrons. The first kappa shape index (κ1) is 15.4. The van der Waals surface area contributed by atoms with Crippen molar-refractivity contribution < 1.29 is 14.6 Å². The average molecular weight is 312 g/mol. The van der Waals surface area contributed by atoms with Gasteiger partial charge in [-0.3, -0.25) is 0 Å². The molecule has 3 rings (SSSR count). The fraction of sp³-hybridized carbons (Fsp3) is 0.278. The summed E-state index contributed by atoms with van der Waals surface area (Å²) < 4.78 is 5.80. The van der Waals surface area contributed by atoms with Crippen molar-refractivity contribution in [2.45, 2.75) is 24.9 Å². The minimum Gasteiger partial charge on any atom is -0.455 e. The van der Waals surface area contributed by atoms with Crippen LogP contribution in [0.15, 0.2) is 54.6 Å². The van der Waals surface area contributed by atoms with Gasteiger partial charge < -0.3 is 20.5 Å². The summed E-state index contributed by atoms with van der Waals surface area (Å²) in [6.07, 6.45) is 2.48. The molecule has 0 atom stereocenters. The first-order valence-corrected chi connectivity index (χ1v) is 7.74. The first-order valence-electron chi connectivity index (χ1n) is 7.74. The number of hydrogen-bond donors (Lipinski definition) is 3. The highest BCUT2D eigenvalue weighted by Gasteiger charge is 2.34. The Kier molecular flexibility index (Phi) is 4.48. The molecule has 120 valence electrons. The molecule has 5 heteroatoms. The molecule has 0 aromatic heterocycles. The summed E-state index contributed by atoms with van der Waals surface area (Å²) in [7, 11) is 0. The Morgan fingerprint density at radius 1 is 1.09 bits per heavy atom. The van der Waals surface area contributed by atoms with E-state index in [-0.39, 0.29) is 12.6 Å². The molecule has 2 amide bonds. The maximum Gasteiger partial charge on any atom is 0.319 e. The molecule has 0 unspecified atom stereocenters. The Morgan fingerprint density at radius 3 is 2.48 bits per heavy atom. The van der Waals surface area contributed by atoms with Gasteiger partial charge in [0.1, 0.15) is 5.75 Å². The van der Waals surface area contributed by atoms with Crippen LogP contribution in [0.25, 0.3) is 0 Å². The van der Waals surface area contributed by atoms with Crippen LogP contribution >= 0.6 is 0 Å². The monoisotopic (exact) mass is 312 g/mol. The smallest absolute Gasteiger partial charge is 0.319 e. The van der Waals surface area contributed by atoms with Crippen molar-refractivity contribution in [3.05, 3.63) is 54.6 Å². The molecule has 0 spiro atoms. The molecular formula is C18H20N2O3. The van der Waals surface area contributed by atoms with Crippen LogP contribution in [-0.4, -0.2) is 23.3 Å². The number of hydrogen-bond acceptors (Lipinski definition) is 3. The second-order valence-electron chi connectivity index (χ2n) is 5.80. The van der Waals surface area contributed by atoms with Crippen LogP contribution in [0.5, 0.6) is 11.5 Å². The molecule has 2 aromatic rings. The minimum absolute atomic E-state index is 0.264. The van der Waals surface area contributed by atoms with E-state index in [1.54, 1.807) is 12.1 Å². The van der Waals surface area contributed by atoms with Gasteiger partial charge in [0.25, 0.3) is 0 Å². The molecule has 0 aliphatic heterocycles. The molecule has 1 aliphatic carbocycles. The van der Waals surface area contributed by atoms with Crippen LogP contribution in [0.2, 0.25) is 0 Å². The Morgan fingerprint density at radius 2 is 1.78 bits per heavy atom. The summed E-state index contributed by atoms with van der Waals surface area (Å²) in [5.41, 5.74) is -0.160. The van der Waals surface area contributed by atoms with Crippen molar-refractivity contribution in [1.82, 2.24) is 5.32 Å². The number of aliphatic hydroxyl groups is 1. The van der Waals surface area contributed by atoms with Gasteiger partial charge in [-0.1, -0.05) is 30.3 Å². The lowest BCUT2D eigenvalue weighted by molar-refractivity contribution is -0.0287. The van der Waals surface area contributed by atoms with Crippen LogP contribution in [0.4, 0.5) is 10.5 Å².